The SMILES string of the molecule is CC(Cc1ccc(F)cc1)Nc1ccc(F)cc1N. The number of rotatable bonds is 4. The van der Waals surface area contributed by atoms with Gasteiger partial charge in [-0.25, -0.2) is 8.78 Å². The summed E-state index contributed by atoms with van der Waals surface area (Å²) in [6.45, 7) is 1.99. The average molecular weight is 262 g/mol. The van der Waals surface area contributed by atoms with Crippen molar-refractivity contribution in [2.45, 2.75) is 19.4 Å². The summed E-state index contributed by atoms with van der Waals surface area (Å²) < 4.78 is 25.7. The highest BCUT2D eigenvalue weighted by atomic mass is 19.1. The predicted octanol–water partition coefficient (Wildman–Crippen LogP) is 3.59. The molecule has 0 bridgehead atoms. The van der Waals surface area contributed by atoms with Crippen molar-refractivity contribution in [1.82, 2.24) is 0 Å². The molecule has 2 nitrogen and oxygen atoms in total. The molecule has 0 aliphatic heterocycles. The summed E-state index contributed by atoms with van der Waals surface area (Å²) in [6.07, 6.45) is 0.733. The molecule has 0 fully saturated rings. The van der Waals surface area contributed by atoms with Gasteiger partial charge in [-0.2, -0.15) is 0 Å². The minimum Gasteiger partial charge on any atom is -0.397 e. The van der Waals surface area contributed by atoms with Gasteiger partial charge in [0, 0.05) is 6.04 Å². The lowest BCUT2D eigenvalue weighted by atomic mass is 10.1. The number of hydrogen-bond donors (Lipinski definition) is 2. The van der Waals surface area contributed by atoms with E-state index in [1.54, 1.807) is 18.2 Å². The van der Waals surface area contributed by atoms with Gasteiger partial charge < -0.3 is 11.1 Å². The van der Waals surface area contributed by atoms with Crippen molar-refractivity contribution in [3.63, 3.8) is 0 Å². The van der Waals surface area contributed by atoms with Crippen molar-refractivity contribution < 1.29 is 8.78 Å². The maximum absolute atomic E-state index is 12.9. The Kier molecular flexibility index (Phi) is 4.00. The topological polar surface area (TPSA) is 38.0 Å². The van der Waals surface area contributed by atoms with Crippen LogP contribution in [0.5, 0.6) is 0 Å². The average Bonchev–Trinajstić information content (AvgIpc) is 2.36. The van der Waals surface area contributed by atoms with Crippen LogP contribution in [-0.2, 0) is 6.42 Å². The summed E-state index contributed by atoms with van der Waals surface area (Å²) in [7, 11) is 0. The Bertz CT molecular complexity index is 553. The zero-order chi connectivity index (χ0) is 13.8. The van der Waals surface area contributed by atoms with Gasteiger partial charge in [-0.1, -0.05) is 12.1 Å². The van der Waals surface area contributed by atoms with Crippen LogP contribution in [0, 0.1) is 11.6 Å². The molecule has 1 atom stereocenters. The van der Waals surface area contributed by atoms with Crippen molar-refractivity contribution in [2.75, 3.05) is 11.1 Å². The second-order valence-corrected chi connectivity index (χ2v) is 4.61. The lowest BCUT2D eigenvalue weighted by molar-refractivity contribution is 0.626. The summed E-state index contributed by atoms with van der Waals surface area (Å²) in [5.74, 6) is -0.596. The molecule has 3 N–H and O–H groups in total. The molecule has 1 unspecified atom stereocenters. The molecule has 0 amide bonds. The van der Waals surface area contributed by atoms with Crippen LogP contribution in [0.4, 0.5) is 20.2 Å². The third kappa shape index (κ3) is 3.68. The summed E-state index contributed by atoms with van der Waals surface area (Å²) in [6, 6.07) is 10.8. The number of halogens is 2. The van der Waals surface area contributed by atoms with E-state index in [0.717, 1.165) is 12.0 Å². The molecule has 0 aliphatic rings. The van der Waals surface area contributed by atoms with E-state index in [1.165, 1.54) is 24.3 Å². The monoisotopic (exact) mass is 262 g/mol. The Labute approximate surface area is 111 Å². The molecule has 2 aromatic rings. The fourth-order valence-electron chi connectivity index (χ4n) is 1.96. The molecular weight excluding hydrogens is 246 g/mol. The van der Waals surface area contributed by atoms with E-state index in [1.807, 2.05) is 6.92 Å². The van der Waals surface area contributed by atoms with Crippen LogP contribution in [0.3, 0.4) is 0 Å². The first-order valence-electron chi connectivity index (χ1n) is 6.10. The minimum atomic E-state index is -0.353. The summed E-state index contributed by atoms with van der Waals surface area (Å²) in [5.41, 5.74) is 7.85. The molecule has 100 valence electrons. The summed E-state index contributed by atoms with van der Waals surface area (Å²) in [4.78, 5) is 0. The fraction of sp³-hybridized carbons (Fsp3) is 0.200. The van der Waals surface area contributed by atoms with E-state index in [9.17, 15) is 8.78 Å². The number of benzene rings is 2. The molecule has 2 aromatic carbocycles. The van der Waals surface area contributed by atoms with Gasteiger partial charge in [-0.3, -0.25) is 0 Å². The van der Waals surface area contributed by atoms with Gasteiger partial charge in [0.05, 0.1) is 11.4 Å². The van der Waals surface area contributed by atoms with Crippen LogP contribution < -0.4 is 11.1 Å². The van der Waals surface area contributed by atoms with Gasteiger partial charge in [0.25, 0.3) is 0 Å². The van der Waals surface area contributed by atoms with Crippen LogP contribution >= 0.6 is 0 Å². The van der Waals surface area contributed by atoms with E-state index in [-0.39, 0.29) is 17.7 Å². The molecular formula is C15H16F2N2. The van der Waals surface area contributed by atoms with Crippen LogP contribution in [0.25, 0.3) is 0 Å². The molecule has 19 heavy (non-hydrogen) atoms. The molecule has 0 saturated heterocycles. The number of nitrogens with two attached hydrogens (primary N) is 1. The lowest BCUT2D eigenvalue weighted by Gasteiger charge is -2.17. The van der Waals surface area contributed by atoms with Crippen molar-refractivity contribution in [1.29, 1.82) is 0 Å². The summed E-state index contributed by atoms with van der Waals surface area (Å²) in [5, 5.41) is 3.22. The first-order chi connectivity index (χ1) is 9.04. The van der Waals surface area contributed by atoms with E-state index in [4.69, 9.17) is 5.73 Å². The predicted molar refractivity (Wildman–Crippen MR) is 74.0 cm³/mol. The van der Waals surface area contributed by atoms with Crippen molar-refractivity contribution in [3.8, 4) is 0 Å². The first-order valence-corrected chi connectivity index (χ1v) is 6.10. The van der Waals surface area contributed by atoms with Crippen molar-refractivity contribution in [2.24, 2.45) is 0 Å². The third-order valence-corrected chi connectivity index (χ3v) is 2.87. The van der Waals surface area contributed by atoms with Gasteiger partial charge in [0.1, 0.15) is 11.6 Å². The standard InChI is InChI=1S/C15H16F2N2/c1-10(8-11-2-4-12(16)5-3-11)19-15-7-6-13(17)9-14(15)18/h2-7,9-10,19H,8,18H2,1H3. The largest absolute Gasteiger partial charge is 0.397 e. The normalized spacial score (nSPS) is 12.2. The Morgan fingerprint density at radius 2 is 1.68 bits per heavy atom. The Morgan fingerprint density at radius 3 is 2.32 bits per heavy atom. The number of hydrogen-bond acceptors (Lipinski definition) is 2. The lowest BCUT2D eigenvalue weighted by Crippen LogP contribution is -2.19. The second-order valence-electron chi connectivity index (χ2n) is 4.61. The highest BCUT2D eigenvalue weighted by Gasteiger charge is 2.07. The first kappa shape index (κ1) is 13.3. The smallest absolute Gasteiger partial charge is 0.125 e. The maximum Gasteiger partial charge on any atom is 0.125 e. The third-order valence-electron chi connectivity index (χ3n) is 2.87. The second kappa shape index (κ2) is 5.69. The molecule has 0 heterocycles. The number of anilines is 2. The summed E-state index contributed by atoms with van der Waals surface area (Å²) >= 11 is 0. The molecule has 0 spiro atoms. The Balaban J connectivity index is 2.01. The van der Waals surface area contributed by atoms with E-state index >= 15 is 0 Å². The van der Waals surface area contributed by atoms with Gasteiger partial charge >= 0.3 is 0 Å². The van der Waals surface area contributed by atoms with E-state index < -0.39 is 0 Å². The molecule has 0 saturated carbocycles. The van der Waals surface area contributed by atoms with Crippen LogP contribution in [0.2, 0.25) is 0 Å². The highest BCUT2D eigenvalue weighted by molar-refractivity contribution is 5.66. The molecule has 0 aliphatic carbocycles. The molecule has 0 aromatic heterocycles. The van der Waals surface area contributed by atoms with Crippen molar-refractivity contribution >= 4 is 11.4 Å². The zero-order valence-electron chi connectivity index (χ0n) is 10.7. The van der Waals surface area contributed by atoms with E-state index in [0.29, 0.717) is 11.4 Å². The number of nitrogen functional groups attached to an aromatic ring is 1. The van der Waals surface area contributed by atoms with Gasteiger partial charge in [0.15, 0.2) is 0 Å². The highest BCUT2D eigenvalue weighted by Crippen LogP contribution is 2.20. The zero-order valence-corrected chi connectivity index (χ0v) is 10.7. The molecule has 4 heteroatoms. The fourth-order valence-corrected chi connectivity index (χ4v) is 1.96. The van der Waals surface area contributed by atoms with Crippen LogP contribution in [0.15, 0.2) is 42.5 Å². The molecule has 0 radical (unpaired) electrons. The Hall–Kier alpha value is -2.10. The quantitative estimate of drug-likeness (QED) is 0.826. The van der Waals surface area contributed by atoms with Crippen molar-refractivity contribution in [3.05, 3.63) is 59.7 Å². The minimum absolute atomic E-state index is 0.109. The maximum atomic E-state index is 12.9. The van der Waals surface area contributed by atoms with Crippen LogP contribution in [0.1, 0.15) is 12.5 Å². The van der Waals surface area contributed by atoms with Gasteiger partial charge in [-0.15, -0.1) is 0 Å². The van der Waals surface area contributed by atoms with Gasteiger partial charge in [0.2, 0.25) is 0 Å². The van der Waals surface area contributed by atoms with Gasteiger partial charge in [-0.05, 0) is 49.2 Å². The molecule has 2 rings (SSSR count). The number of nitrogens with one attached hydrogen (secondary N) is 1. The Morgan fingerprint density at radius 1 is 1.05 bits per heavy atom. The van der Waals surface area contributed by atoms with Crippen LogP contribution in [-0.4, -0.2) is 6.04 Å². The van der Waals surface area contributed by atoms with E-state index in [2.05, 4.69) is 5.32 Å².